The van der Waals surface area contributed by atoms with Gasteiger partial charge in [0.15, 0.2) is 0 Å². The average molecular weight is 336 g/mol. The molecule has 25 heavy (non-hydrogen) atoms. The summed E-state index contributed by atoms with van der Waals surface area (Å²) in [6, 6.07) is 17.4. The summed E-state index contributed by atoms with van der Waals surface area (Å²) in [5.41, 5.74) is 2.84. The molecule has 3 aromatic rings. The van der Waals surface area contributed by atoms with Gasteiger partial charge >= 0.3 is 0 Å². The van der Waals surface area contributed by atoms with Crippen molar-refractivity contribution in [3.05, 3.63) is 85.5 Å². The van der Waals surface area contributed by atoms with Crippen molar-refractivity contribution in [2.24, 2.45) is 5.16 Å². The van der Waals surface area contributed by atoms with E-state index in [1.807, 2.05) is 54.6 Å². The largest absolute Gasteiger partial charge is 0.391 e. The highest BCUT2D eigenvalue weighted by atomic mass is 19.1. The van der Waals surface area contributed by atoms with Crippen molar-refractivity contribution in [1.29, 1.82) is 0 Å². The Balaban J connectivity index is 1.90. The van der Waals surface area contributed by atoms with Gasteiger partial charge in [-0.05, 0) is 11.1 Å². The first-order valence-corrected chi connectivity index (χ1v) is 7.74. The predicted molar refractivity (Wildman–Crippen MR) is 94.7 cm³/mol. The van der Waals surface area contributed by atoms with Crippen molar-refractivity contribution in [2.75, 3.05) is 6.61 Å². The van der Waals surface area contributed by atoms with Gasteiger partial charge in [0.05, 0.1) is 0 Å². The maximum Gasteiger partial charge on any atom is 0.239 e. The Bertz CT molecular complexity index is 830. The number of halogens is 1. The van der Waals surface area contributed by atoms with E-state index in [-0.39, 0.29) is 12.3 Å². The maximum absolute atomic E-state index is 14.8. The van der Waals surface area contributed by atoms with Gasteiger partial charge in [-0.1, -0.05) is 72.4 Å². The van der Waals surface area contributed by atoms with Crippen molar-refractivity contribution in [2.45, 2.75) is 6.30 Å². The van der Waals surface area contributed by atoms with Gasteiger partial charge in [0, 0.05) is 5.56 Å². The number of benzene rings is 2. The van der Waals surface area contributed by atoms with Gasteiger partial charge in [-0.3, -0.25) is 0 Å². The number of oxime groups is 1. The molecule has 5 nitrogen and oxygen atoms in total. The van der Waals surface area contributed by atoms with Crippen LogP contribution < -0.4 is 0 Å². The highest BCUT2D eigenvalue weighted by Crippen LogP contribution is 2.22. The summed E-state index contributed by atoms with van der Waals surface area (Å²) < 4.78 is 15.9. The lowest BCUT2D eigenvalue weighted by Crippen LogP contribution is -2.17. The molecule has 0 aliphatic heterocycles. The molecule has 0 saturated carbocycles. The Labute approximate surface area is 145 Å². The van der Waals surface area contributed by atoms with Crippen molar-refractivity contribution in [1.82, 2.24) is 14.8 Å². The van der Waals surface area contributed by atoms with Crippen LogP contribution in [0.1, 0.15) is 11.9 Å². The zero-order chi connectivity index (χ0) is 17.5. The molecule has 0 radical (unpaired) electrons. The fourth-order valence-electron chi connectivity index (χ4n) is 2.32. The van der Waals surface area contributed by atoms with Gasteiger partial charge < -0.3 is 4.84 Å². The third-order valence-electron chi connectivity index (χ3n) is 3.54. The predicted octanol–water partition coefficient (Wildman–Crippen LogP) is 4.02. The molecule has 0 amide bonds. The summed E-state index contributed by atoms with van der Waals surface area (Å²) in [6.45, 7) is 3.74. The molecule has 0 fully saturated rings. The number of hydrogen-bond acceptors (Lipinski definition) is 4. The number of nitrogens with zero attached hydrogens (tertiary/aromatic N) is 4. The van der Waals surface area contributed by atoms with Crippen LogP contribution in [0.2, 0.25) is 0 Å². The lowest BCUT2D eigenvalue weighted by atomic mass is 10.0. The third kappa shape index (κ3) is 3.98. The third-order valence-corrected chi connectivity index (χ3v) is 3.54. The molecule has 0 aliphatic rings. The van der Waals surface area contributed by atoms with E-state index < -0.39 is 6.30 Å². The summed E-state index contributed by atoms with van der Waals surface area (Å²) in [5, 5.41) is 7.75. The van der Waals surface area contributed by atoms with E-state index in [4.69, 9.17) is 4.84 Å². The SMILES string of the molecule is C=CCON=C(c1ccc(-c2ccccc2)cc1)C(F)n1cncn1. The second-order valence-electron chi connectivity index (χ2n) is 5.22. The van der Waals surface area contributed by atoms with Crippen LogP contribution >= 0.6 is 0 Å². The first kappa shape index (κ1) is 16.6. The fraction of sp³-hybridized carbons (Fsp3) is 0.105. The Morgan fingerprint density at radius 3 is 2.52 bits per heavy atom. The van der Waals surface area contributed by atoms with Gasteiger partial charge in [0.25, 0.3) is 0 Å². The number of hydrogen-bond donors (Lipinski definition) is 0. The Hall–Kier alpha value is -3.28. The molecule has 1 aromatic heterocycles. The number of alkyl halides is 1. The van der Waals surface area contributed by atoms with Gasteiger partial charge in [-0.25, -0.2) is 14.1 Å². The molecule has 126 valence electrons. The molecule has 0 saturated heterocycles. The second kappa shape index (κ2) is 8.01. The quantitative estimate of drug-likeness (QED) is 0.283. The minimum Gasteiger partial charge on any atom is -0.391 e. The summed E-state index contributed by atoms with van der Waals surface area (Å²) in [6.07, 6.45) is 2.51. The van der Waals surface area contributed by atoms with Crippen LogP contribution in [0.15, 0.2) is 85.1 Å². The minimum atomic E-state index is -1.60. The van der Waals surface area contributed by atoms with Crippen molar-refractivity contribution < 1.29 is 9.23 Å². The average Bonchev–Trinajstić information content (AvgIpc) is 3.21. The first-order chi connectivity index (χ1) is 12.3. The molecule has 0 N–H and O–H groups in total. The Morgan fingerprint density at radius 2 is 1.88 bits per heavy atom. The summed E-state index contributed by atoms with van der Waals surface area (Å²) in [5.74, 6) is 0. The summed E-state index contributed by atoms with van der Waals surface area (Å²) in [7, 11) is 0. The smallest absolute Gasteiger partial charge is 0.239 e. The van der Waals surface area contributed by atoms with Gasteiger partial charge in [0.1, 0.15) is 25.0 Å². The molecule has 1 unspecified atom stereocenters. The zero-order valence-electron chi connectivity index (χ0n) is 13.5. The van der Waals surface area contributed by atoms with Crippen LogP contribution in [0.5, 0.6) is 0 Å². The number of rotatable bonds is 7. The van der Waals surface area contributed by atoms with Crippen LogP contribution in [0.25, 0.3) is 11.1 Å². The lowest BCUT2D eigenvalue weighted by Gasteiger charge is -2.12. The van der Waals surface area contributed by atoms with E-state index in [2.05, 4.69) is 21.8 Å². The molecular weight excluding hydrogens is 319 g/mol. The van der Waals surface area contributed by atoms with Crippen LogP contribution in [0.4, 0.5) is 4.39 Å². The van der Waals surface area contributed by atoms with Gasteiger partial charge in [-0.15, -0.1) is 0 Å². The van der Waals surface area contributed by atoms with E-state index in [9.17, 15) is 4.39 Å². The van der Waals surface area contributed by atoms with Crippen LogP contribution in [0.3, 0.4) is 0 Å². The Kier molecular flexibility index (Phi) is 5.31. The molecule has 2 aromatic carbocycles. The van der Waals surface area contributed by atoms with Gasteiger partial charge in [-0.2, -0.15) is 5.10 Å². The maximum atomic E-state index is 14.8. The molecule has 1 atom stereocenters. The van der Waals surface area contributed by atoms with Gasteiger partial charge in [0.2, 0.25) is 6.30 Å². The molecule has 3 rings (SSSR count). The van der Waals surface area contributed by atoms with Crippen LogP contribution in [0, 0.1) is 0 Å². The van der Waals surface area contributed by atoms with Crippen molar-refractivity contribution in [3.63, 3.8) is 0 Å². The molecule has 0 aliphatic carbocycles. The molecule has 6 heteroatoms. The normalized spacial score (nSPS) is 12.6. The van der Waals surface area contributed by atoms with Crippen molar-refractivity contribution >= 4 is 5.71 Å². The van der Waals surface area contributed by atoms with E-state index in [0.717, 1.165) is 15.8 Å². The molecule has 0 spiro atoms. The molecular formula is C19H17FN4O. The van der Waals surface area contributed by atoms with Crippen molar-refractivity contribution in [3.8, 4) is 11.1 Å². The summed E-state index contributed by atoms with van der Waals surface area (Å²) >= 11 is 0. The summed E-state index contributed by atoms with van der Waals surface area (Å²) in [4.78, 5) is 8.87. The standard InChI is InChI=1S/C19H17FN4O/c1-2-12-25-23-18(19(20)24-14-21-13-22-24)17-10-8-16(9-11-17)15-6-4-3-5-7-15/h2-11,13-14,19H,1,12H2. The zero-order valence-corrected chi connectivity index (χ0v) is 13.5. The highest BCUT2D eigenvalue weighted by Gasteiger charge is 2.21. The van der Waals surface area contributed by atoms with E-state index in [0.29, 0.717) is 5.56 Å². The second-order valence-corrected chi connectivity index (χ2v) is 5.22. The fourth-order valence-corrected chi connectivity index (χ4v) is 2.32. The first-order valence-electron chi connectivity index (χ1n) is 7.74. The van der Waals surface area contributed by atoms with E-state index in [1.54, 1.807) is 6.08 Å². The molecule has 1 heterocycles. The topological polar surface area (TPSA) is 52.3 Å². The highest BCUT2D eigenvalue weighted by molar-refractivity contribution is 6.02. The monoisotopic (exact) mass is 336 g/mol. The van der Waals surface area contributed by atoms with Crippen LogP contribution in [-0.4, -0.2) is 27.1 Å². The van der Waals surface area contributed by atoms with E-state index in [1.165, 1.54) is 12.7 Å². The Morgan fingerprint density at radius 1 is 1.16 bits per heavy atom. The minimum absolute atomic E-state index is 0.118. The van der Waals surface area contributed by atoms with E-state index >= 15 is 0 Å². The lowest BCUT2D eigenvalue weighted by molar-refractivity contribution is 0.168. The van der Waals surface area contributed by atoms with Crippen LogP contribution in [-0.2, 0) is 4.84 Å². The number of aromatic nitrogens is 3. The molecule has 0 bridgehead atoms.